The third-order valence-corrected chi connectivity index (χ3v) is 3.44. The van der Waals surface area contributed by atoms with Gasteiger partial charge in [0.1, 0.15) is 6.61 Å². The van der Waals surface area contributed by atoms with E-state index >= 15 is 0 Å². The number of rotatable bonds is 5. The normalized spacial score (nSPS) is 11.0. The molecule has 0 heterocycles. The second-order valence-electron chi connectivity index (χ2n) is 6.39. The van der Waals surface area contributed by atoms with Gasteiger partial charge in [0.2, 0.25) is 5.91 Å². The summed E-state index contributed by atoms with van der Waals surface area (Å²) in [6.07, 6.45) is -0.475. The van der Waals surface area contributed by atoms with Crippen molar-refractivity contribution in [2.75, 3.05) is 20.1 Å². The Balaban J connectivity index is 2.34. The predicted octanol–water partition coefficient (Wildman–Crippen LogP) is 2.69. The van der Waals surface area contributed by atoms with Gasteiger partial charge < -0.3 is 15.0 Å². The SMILES string of the molecule is CC(=O)N(C)CCNC(=O)OCc1ccc(C(C)(C)C)cc1. The minimum Gasteiger partial charge on any atom is -0.445 e. The summed E-state index contributed by atoms with van der Waals surface area (Å²) in [5, 5.41) is 2.62. The number of likely N-dealkylation sites (N-methyl/N-ethyl adjacent to an activating group) is 1. The van der Waals surface area contributed by atoms with Crippen molar-refractivity contribution >= 4 is 12.0 Å². The molecule has 2 amide bonds. The standard InChI is InChI=1S/C17H26N2O3/c1-13(20)19(5)11-10-18-16(21)22-12-14-6-8-15(9-7-14)17(2,3)4/h6-9H,10-12H2,1-5H3,(H,18,21). The first-order valence-electron chi connectivity index (χ1n) is 7.42. The lowest BCUT2D eigenvalue weighted by Crippen LogP contribution is -2.35. The number of benzene rings is 1. The van der Waals surface area contributed by atoms with Crippen molar-refractivity contribution in [2.24, 2.45) is 0 Å². The van der Waals surface area contributed by atoms with Crippen LogP contribution < -0.4 is 5.32 Å². The molecule has 5 heteroatoms. The number of hydrogen-bond acceptors (Lipinski definition) is 3. The molecule has 0 saturated carbocycles. The van der Waals surface area contributed by atoms with Gasteiger partial charge in [-0.1, -0.05) is 45.0 Å². The summed E-state index contributed by atoms with van der Waals surface area (Å²) < 4.78 is 5.14. The van der Waals surface area contributed by atoms with Crippen LogP contribution in [0.2, 0.25) is 0 Å². The molecule has 0 fully saturated rings. The monoisotopic (exact) mass is 306 g/mol. The first-order valence-corrected chi connectivity index (χ1v) is 7.42. The molecular weight excluding hydrogens is 280 g/mol. The second-order valence-corrected chi connectivity index (χ2v) is 6.39. The number of ether oxygens (including phenoxy) is 1. The summed E-state index contributed by atoms with van der Waals surface area (Å²) in [7, 11) is 1.69. The summed E-state index contributed by atoms with van der Waals surface area (Å²) in [6, 6.07) is 8.05. The van der Waals surface area contributed by atoms with Crippen LogP contribution in [0.25, 0.3) is 0 Å². The van der Waals surface area contributed by atoms with E-state index < -0.39 is 6.09 Å². The molecule has 122 valence electrons. The number of alkyl carbamates (subject to hydrolysis) is 1. The Hall–Kier alpha value is -2.04. The van der Waals surface area contributed by atoms with Gasteiger partial charge >= 0.3 is 6.09 Å². The molecule has 5 nitrogen and oxygen atoms in total. The van der Waals surface area contributed by atoms with Gasteiger partial charge in [0, 0.05) is 27.1 Å². The molecule has 1 N–H and O–H groups in total. The van der Waals surface area contributed by atoms with Gasteiger partial charge in [0.25, 0.3) is 0 Å². The first kappa shape index (κ1) is 18.0. The third kappa shape index (κ3) is 6.16. The number of hydrogen-bond donors (Lipinski definition) is 1. The zero-order valence-electron chi connectivity index (χ0n) is 14.1. The fourth-order valence-corrected chi connectivity index (χ4v) is 1.78. The number of carbonyl (C=O) groups is 2. The third-order valence-electron chi connectivity index (χ3n) is 3.44. The van der Waals surface area contributed by atoms with Gasteiger partial charge in [-0.3, -0.25) is 4.79 Å². The highest BCUT2D eigenvalue weighted by Crippen LogP contribution is 2.22. The zero-order valence-corrected chi connectivity index (χ0v) is 14.1. The summed E-state index contributed by atoms with van der Waals surface area (Å²) in [5.41, 5.74) is 2.30. The highest BCUT2D eigenvalue weighted by molar-refractivity contribution is 5.73. The number of amides is 2. The molecule has 1 aromatic rings. The molecule has 0 saturated heterocycles. The summed E-state index contributed by atoms with van der Waals surface area (Å²) >= 11 is 0. The molecule has 0 spiro atoms. The maximum Gasteiger partial charge on any atom is 0.407 e. The van der Waals surface area contributed by atoms with Gasteiger partial charge in [0.05, 0.1) is 0 Å². The van der Waals surface area contributed by atoms with Crippen LogP contribution in [0, 0.1) is 0 Å². The Kier molecular flexibility index (Phi) is 6.40. The van der Waals surface area contributed by atoms with E-state index in [-0.39, 0.29) is 17.9 Å². The van der Waals surface area contributed by atoms with Crippen LogP contribution in [0.5, 0.6) is 0 Å². The van der Waals surface area contributed by atoms with E-state index in [4.69, 9.17) is 4.74 Å². The Labute approximate surface area is 132 Å². The van der Waals surface area contributed by atoms with E-state index in [0.29, 0.717) is 13.1 Å². The first-order chi connectivity index (χ1) is 10.2. The molecule has 1 rings (SSSR count). The molecule has 0 aromatic heterocycles. The molecule has 0 unspecified atom stereocenters. The Morgan fingerprint density at radius 3 is 2.27 bits per heavy atom. The Morgan fingerprint density at radius 2 is 1.77 bits per heavy atom. The quantitative estimate of drug-likeness (QED) is 0.910. The number of nitrogens with zero attached hydrogens (tertiary/aromatic N) is 1. The highest BCUT2D eigenvalue weighted by atomic mass is 16.5. The number of carbonyl (C=O) groups excluding carboxylic acids is 2. The van der Waals surface area contributed by atoms with Gasteiger partial charge in [-0.2, -0.15) is 0 Å². The van der Waals surface area contributed by atoms with Crippen LogP contribution in [-0.2, 0) is 21.6 Å². The Bertz CT molecular complexity index is 504. The molecule has 0 aliphatic heterocycles. The van der Waals surface area contributed by atoms with E-state index in [1.807, 2.05) is 12.1 Å². The van der Waals surface area contributed by atoms with E-state index in [2.05, 4.69) is 38.2 Å². The summed E-state index contributed by atoms with van der Waals surface area (Å²) in [4.78, 5) is 24.1. The van der Waals surface area contributed by atoms with Crippen molar-refractivity contribution in [1.29, 1.82) is 0 Å². The lowest BCUT2D eigenvalue weighted by molar-refractivity contribution is -0.127. The van der Waals surface area contributed by atoms with Gasteiger partial charge in [-0.25, -0.2) is 4.79 Å². The average molecular weight is 306 g/mol. The van der Waals surface area contributed by atoms with Crippen molar-refractivity contribution < 1.29 is 14.3 Å². The van der Waals surface area contributed by atoms with Crippen LogP contribution in [0.15, 0.2) is 24.3 Å². The van der Waals surface area contributed by atoms with E-state index in [1.165, 1.54) is 17.4 Å². The zero-order chi connectivity index (χ0) is 16.8. The van der Waals surface area contributed by atoms with Crippen LogP contribution in [0.1, 0.15) is 38.8 Å². The van der Waals surface area contributed by atoms with Crippen molar-refractivity contribution in [3.63, 3.8) is 0 Å². The van der Waals surface area contributed by atoms with Crippen LogP contribution in [-0.4, -0.2) is 37.0 Å². The van der Waals surface area contributed by atoms with Gasteiger partial charge in [0.15, 0.2) is 0 Å². The maximum atomic E-state index is 11.6. The van der Waals surface area contributed by atoms with E-state index in [0.717, 1.165) is 5.56 Å². The topological polar surface area (TPSA) is 58.6 Å². The van der Waals surface area contributed by atoms with Crippen molar-refractivity contribution in [3.05, 3.63) is 35.4 Å². The molecule has 0 aliphatic rings. The molecule has 22 heavy (non-hydrogen) atoms. The largest absolute Gasteiger partial charge is 0.445 e. The predicted molar refractivity (Wildman–Crippen MR) is 86.6 cm³/mol. The smallest absolute Gasteiger partial charge is 0.407 e. The maximum absolute atomic E-state index is 11.6. The molecule has 0 radical (unpaired) electrons. The fraction of sp³-hybridized carbons (Fsp3) is 0.529. The number of nitrogens with one attached hydrogen (secondary N) is 1. The summed E-state index contributed by atoms with van der Waals surface area (Å²) in [6.45, 7) is 9.03. The highest BCUT2D eigenvalue weighted by Gasteiger charge is 2.13. The minimum atomic E-state index is -0.475. The lowest BCUT2D eigenvalue weighted by atomic mass is 9.87. The summed E-state index contributed by atoms with van der Waals surface area (Å²) in [5.74, 6) is -0.0332. The lowest BCUT2D eigenvalue weighted by Gasteiger charge is -2.19. The van der Waals surface area contributed by atoms with Crippen LogP contribution >= 0.6 is 0 Å². The van der Waals surface area contributed by atoms with Crippen molar-refractivity contribution in [3.8, 4) is 0 Å². The van der Waals surface area contributed by atoms with E-state index in [1.54, 1.807) is 7.05 Å². The molecular formula is C17H26N2O3. The molecule has 0 atom stereocenters. The molecule has 0 aliphatic carbocycles. The van der Waals surface area contributed by atoms with Gasteiger partial charge in [-0.15, -0.1) is 0 Å². The van der Waals surface area contributed by atoms with E-state index in [9.17, 15) is 9.59 Å². The van der Waals surface area contributed by atoms with Gasteiger partial charge in [-0.05, 0) is 16.5 Å². The molecule has 1 aromatic carbocycles. The molecule has 0 bridgehead atoms. The van der Waals surface area contributed by atoms with Crippen LogP contribution in [0.4, 0.5) is 4.79 Å². The van der Waals surface area contributed by atoms with Crippen molar-refractivity contribution in [1.82, 2.24) is 10.2 Å². The van der Waals surface area contributed by atoms with Crippen LogP contribution in [0.3, 0.4) is 0 Å². The minimum absolute atomic E-state index is 0.0332. The van der Waals surface area contributed by atoms with Crippen molar-refractivity contribution in [2.45, 2.75) is 39.7 Å². The average Bonchev–Trinajstić information content (AvgIpc) is 2.44. The second kappa shape index (κ2) is 7.82. The fourth-order valence-electron chi connectivity index (χ4n) is 1.78. The Morgan fingerprint density at radius 1 is 1.18 bits per heavy atom.